The minimum absolute atomic E-state index is 0.0578. The van der Waals surface area contributed by atoms with Gasteiger partial charge >= 0.3 is 0 Å². The van der Waals surface area contributed by atoms with Gasteiger partial charge in [0.05, 0.1) is 6.04 Å². The van der Waals surface area contributed by atoms with Crippen molar-refractivity contribution in [3.63, 3.8) is 0 Å². The zero-order valence-corrected chi connectivity index (χ0v) is 10.1. The summed E-state index contributed by atoms with van der Waals surface area (Å²) < 4.78 is 0. The molecule has 0 radical (unpaired) electrons. The number of nitrogens with two attached hydrogens (primary N) is 1. The zero-order valence-electron chi connectivity index (χ0n) is 10.1. The fourth-order valence-corrected chi connectivity index (χ4v) is 2.19. The average molecular weight is 241 g/mol. The van der Waals surface area contributed by atoms with Crippen LogP contribution in [0.2, 0.25) is 0 Å². The quantitative estimate of drug-likeness (QED) is 0.745. The molecule has 0 aromatic heterocycles. The van der Waals surface area contributed by atoms with Crippen LogP contribution in [0.15, 0.2) is 48.5 Å². The molecule has 3 heteroatoms. The van der Waals surface area contributed by atoms with Crippen LogP contribution in [0.25, 0.3) is 11.1 Å². The van der Waals surface area contributed by atoms with Crippen molar-refractivity contribution in [3.05, 3.63) is 59.7 Å². The molecule has 2 aromatic rings. The molecule has 2 aromatic carbocycles. The normalized spacial score (nSPS) is 12.1. The van der Waals surface area contributed by atoms with Crippen molar-refractivity contribution in [2.24, 2.45) is 5.73 Å². The van der Waals surface area contributed by atoms with Crippen LogP contribution in [-0.4, -0.2) is 11.1 Å². The van der Waals surface area contributed by atoms with Crippen LogP contribution >= 0.6 is 0 Å². The molecule has 0 unspecified atom stereocenters. The summed E-state index contributed by atoms with van der Waals surface area (Å²) in [5.74, 6) is -0.833. The summed E-state index contributed by atoms with van der Waals surface area (Å²) in [6.45, 7) is 1.08. The summed E-state index contributed by atoms with van der Waals surface area (Å²) in [5, 5.41) is 7.42. The molecule has 0 saturated heterocycles. The van der Waals surface area contributed by atoms with Crippen LogP contribution in [-0.2, 0) is 4.79 Å². The average Bonchev–Trinajstić information content (AvgIpc) is 2.64. The molecular weight excluding hydrogens is 226 g/mol. The summed E-state index contributed by atoms with van der Waals surface area (Å²) in [4.78, 5) is 9.00. The molecule has 0 heterocycles. The highest BCUT2D eigenvalue weighted by Gasteiger charge is 2.24. The molecular formula is C15H15NO2. The molecule has 0 aliphatic heterocycles. The van der Waals surface area contributed by atoms with E-state index in [9.17, 15) is 0 Å². The zero-order chi connectivity index (χ0) is 13.1. The Morgan fingerprint density at radius 1 is 1.00 bits per heavy atom. The van der Waals surface area contributed by atoms with E-state index in [1.54, 1.807) is 0 Å². The number of hydrogen-bond acceptors (Lipinski definition) is 2. The maximum absolute atomic E-state index is 9.00. The Labute approximate surface area is 106 Å². The third-order valence-electron chi connectivity index (χ3n) is 2.88. The molecule has 0 saturated carbocycles. The van der Waals surface area contributed by atoms with E-state index in [0.29, 0.717) is 0 Å². The second-order valence-electron chi connectivity index (χ2n) is 4.17. The first-order chi connectivity index (χ1) is 8.61. The highest BCUT2D eigenvalue weighted by Crippen LogP contribution is 2.41. The van der Waals surface area contributed by atoms with E-state index in [1.165, 1.54) is 22.3 Å². The van der Waals surface area contributed by atoms with Crippen molar-refractivity contribution in [2.45, 2.75) is 13.0 Å². The fraction of sp³-hybridized carbons (Fsp3) is 0.133. The van der Waals surface area contributed by atoms with E-state index >= 15 is 0 Å². The largest absolute Gasteiger partial charge is 0.481 e. The van der Waals surface area contributed by atoms with E-state index in [-0.39, 0.29) is 6.04 Å². The molecule has 0 amide bonds. The van der Waals surface area contributed by atoms with Crippen LogP contribution in [0.3, 0.4) is 0 Å². The first-order valence-corrected chi connectivity index (χ1v) is 5.74. The van der Waals surface area contributed by atoms with Gasteiger partial charge in [0.15, 0.2) is 0 Å². The summed E-state index contributed by atoms with van der Waals surface area (Å²) in [7, 11) is 0. The van der Waals surface area contributed by atoms with Gasteiger partial charge in [0.2, 0.25) is 0 Å². The standard InChI is InChI=1S/C13H11N.C2H4O2/c14-13-11-7-3-1-5-9(11)10-6-2-4-8-12(10)13;1-2(3)4/h1-8,13H,14H2;1H3,(H,3,4). The lowest BCUT2D eigenvalue weighted by Gasteiger charge is -2.04. The number of hydrogen-bond donors (Lipinski definition) is 2. The topological polar surface area (TPSA) is 63.3 Å². The van der Waals surface area contributed by atoms with Gasteiger partial charge in [0.1, 0.15) is 0 Å². The van der Waals surface area contributed by atoms with Gasteiger partial charge in [-0.05, 0) is 22.3 Å². The van der Waals surface area contributed by atoms with E-state index in [0.717, 1.165) is 6.92 Å². The van der Waals surface area contributed by atoms with Gasteiger partial charge in [-0.25, -0.2) is 0 Å². The Morgan fingerprint density at radius 2 is 1.33 bits per heavy atom. The Kier molecular flexibility index (Phi) is 3.44. The second kappa shape index (κ2) is 5.02. The van der Waals surface area contributed by atoms with Crippen LogP contribution in [0.4, 0.5) is 0 Å². The van der Waals surface area contributed by atoms with Crippen molar-refractivity contribution in [1.29, 1.82) is 0 Å². The van der Waals surface area contributed by atoms with E-state index < -0.39 is 5.97 Å². The number of rotatable bonds is 0. The SMILES string of the molecule is CC(=O)O.NC1c2ccccc2-c2ccccc21. The number of carboxylic acids is 1. The number of benzene rings is 2. The molecule has 0 fully saturated rings. The molecule has 18 heavy (non-hydrogen) atoms. The Morgan fingerprint density at radius 3 is 1.72 bits per heavy atom. The highest BCUT2D eigenvalue weighted by molar-refractivity contribution is 5.78. The van der Waals surface area contributed by atoms with E-state index in [4.69, 9.17) is 15.6 Å². The third kappa shape index (κ3) is 2.26. The fourth-order valence-electron chi connectivity index (χ4n) is 2.19. The Balaban J connectivity index is 0.000000267. The molecule has 92 valence electrons. The molecule has 1 aliphatic carbocycles. The molecule has 0 bridgehead atoms. The second-order valence-corrected chi connectivity index (χ2v) is 4.17. The first kappa shape index (κ1) is 12.3. The predicted octanol–water partition coefficient (Wildman–Crippen LogP) is 2.81. The monoisotopic (exact) mass is 241 g/mol. The van der Waals surface area contributed by atoms with Crippen LogP contribution in [0.5, 0.6) is 0 Å². The summed E-state index contributed by atoms with van der Waals surface area (Å²) >= 11 is 0. The van der Waals surface area contributed by atoms with Gasteiger partial charge < -0.3 is 10.8 Å². The third-order valence-corrected chi connectivity index (χ3v) is 2.88. The molecule has 1 aliphatic rings. The van der Waals surface area contributed by atoms with Crippen molar-refractivity contribution in [1.82, 2.24) is 0 Å². The summed E-state index contributed by atoms with van der Waals surface area (Å²) in [6, 6.07) is 16.8. The summed E-state index contributed by atoms with van der Waals surface area (Å²) in [5.41, 5.74) is 11.2. The van der Waals surface area contributed by atoms with Crippen LogP contribution in [0.1, 0.15) is 24.1 Å². The van der Waals surface area contributed by atoms with Crippen molar-refractivity contribution in [3.8, 4) is 11.1 Å². The Bertz CT molecular complexity index is 529. The van der Waals surface area contributed by atoms with Crippen molar-refractivity contribution >= 4 is 5.97 Å². The number of aliphatic carboxylic acids is 1. The van der Waals surface area contributed by atoms with E-state index in [1.807, 2.05) is 12.1 Å². The van der Waals surface area contributed by atoms with Crippen LogP contribution < -0.4 is 5.73 Å². The minimum Gasteiger partial charge on any atom is -0.481 e. The van der Waals surface area contributed by atoms with Gasteiger partial charge in [-0.3, -0.25) is 4.79 Å². The number of carbonyl (C=O) groups is 1. The predicted molar refractivity (Wildman–Crippen MR) is 71.2 cm³/mol. The molecule has 3 nitrogen and oxygen atoms in total. The smallest absolute Gasteiger partial charge is 0.300 e. The lowest BCUT2D eigenvalue weighted by molar-refractivity contribution is -0.134. The number of carboxylic acid groups (broad SMARTS) is 1. The minimum atomic E-state index is -0.833. The van der Waals surface area contributed by atoms with Gasteiger partial charge in [0, 0.05) is 6.92 Å². The van der Waals surface area contributed by atoms with Gasteiger partial charge in [-0.15, -0.1) is 0 Å². The van der Waals surface area contributed by atoms with E-state index in [2.05, 4.69) is 36.4 Å². The maximum Gasteiger partial charge on any atom is 0.300 e. The highest BCUT2D eigenvalue weighted by atomic mass is 16.4. The molecule has 3 rings (SSSR count). The van der Waals surface area contributed by atoms with Gasteiger partial charge in [-0.2, -0.15) is 0 Å². The maximum atomic E-state index is 9.00. The molecule has 0 atom stereocenters. The van der Waals surface area contributed by atoms with Crippen molar-refractivity contribution in [2.75, 3.05) is 0 Å². The first-order valence-electron chi connectivity index (χ1n) is 5.74. The van der Waals surface area contributed by atoms with Gasteiger partial charge in [-0.1, -0.05) is 48.5 Å². The lowest BCUT2D eigenvalue weighted by Crippen LogP contribution is -2.07. The summed E-state index contributed by atoms with van der Waals surface area (Å²) in [6.07, 6.45) is 0. The number of fused-ring (bicyclic) bond motifs is 3. The van der Waals surface area contributed by atoms with Gasteiger partial charge in [0.25, 0.3) is 5.97 Å². The lowest BCUT2D eigenvalue weighted by atomic mass is 10.1. The molecule has 0 spiro atoms. The molecule has 3 N–H and O–H groups in total. The van der Waals surface area contributed by atoms with Crippen molar-refractivity contribution < 1.29 is 9.90 Å². The van der Waals surface area contributed by atoms with Crippen LogP contribution in [0, 0.1) is 0 Å². The Hall–Kier alpha value is -2.13.